The number of amides is 1. The predicted octanol–water partition coefficient (Wildman–Crippen LogP) is 3.01. The second-order valence-electron chi connectivity index (χ2n) is 6.39. The van der Waals surface area contributed by atoms with Gasteiger partial charge in [-0.15, -0.1) is 0 Å². The van der Waals surface area contributed by atoms with E-state index in [9.17, 15) is 4.79 Å². The third-order valence-corrected chi connectivity index (χ3v) is 4.37. The van der Waals surface area contributed by atoms with E-state index in [0.29, 0.717) is 13.2 Å². The van der Waals surface area contributed by atoms with E-state index in [4.69, 9.17) is 9.47 Å². The van der Waals surface area contributed by atoms with Crippen LogP contribution in [0.15, 0.2) is 42.5 Å². The molecule has 25 heavy (non-hydrogen) atoms. The third kappa shape index (κ3) is 4.05. The van der Waals surface area contributed by atoms with Crippen LogP contribution in [0.5, 0.6) is 11.5 Å². The van der Waals surface area contributed by atoms with Gasteiger partial charge in [-0.05, 0) is 37.1 Å². The second-order valence-corrected chi connectivity index (χ2v) is 6.39. The third-order valence-electron chi connectivity index (χ3n) is 4.37. The molecular formula is C20H24N2O3. The van der Waals surface area contributed by atoms with Gasteiger partial charge in [-0.1, -0.05) is 30.3 Å². The lowest BCUT2D eigenvalue weighted by Crippen LogP contribution is -2.43. The first-order valence-corrected chi connectivity index (χ1v) is 8.47. The van der Waals surface area contributed by atoms with Crippen LogP contribution in [0, 0.1) is 13.8 Å². The first kappa shape index (κ1) is 17.1. The van der Waals surface area contributed by atoms with E-state index in [1.807, 2.05) is 56.3 Å². The highest BCUT2D eigenvalue weighted by atomic mass is 16.6. The maximum atomic E-state index is 12.4. The highest BCUT2D eigenvalue weighted by molar-refractivity contribution is 5.81. The van der Waals surface area contributed by atoms with Gasteiger partial charge in [0.1, 0.15) is 6.61 Å². The Bertz CT molecular complexity index is 740. The summed E-state index contributed by atoms with van der Waals surface area (Å²) in [6, 6.07) is 13.7. The number of hydrogen-bond acceptors (Lipinski definition) is 4. The number of nitrogens with zero attached hydrogens (tertiary/aromatic N) is 1. The lowest BCUT2D eigenvalue weighted by Gasteiger charge is -2.29. The average molecular weight is 340 g/mol. The normalized spacial score (nSPS) is 15.6. The van der Waals surface area contributed by atoms with Gasteiger partial charge < -0.3 is 19.7 Å². The number of hydrogen-bond donors (Lipinski definition) is 1. The molecule has 3 rings (SSSR count). The zero-order chi connectivity index (χ0) is 17.8. The number of aryl methyl sites for hydroxylation is 2. The standard InChI is InChI=1S/C20H24N2O3/c1-14-7-6-8-15(2)20(14)21-11-19(23)22(3)12-16-13-24-17-9-4-5-10-18(17)25-16/h4-10,16,21H,11-13H2,1-3H3. The molecule has 1 amide bonds. The van der Waals surface area contributed by atoms with Crippen LogP contribution in [0.3, 0.4) is 0 Å². The molecule has 1 heterocycles. The van der Waals surface area contributed by atoms with Gasteiger partial charge in [-0.3, -0.25) is 4.79 Å². The molecule has 5 heteroatoms. The minimum absolute atomic E-state index is 0.0186. The van der Waals surface area contributed by atoms with Crippen LogP contribution in [0.25, 0.3) is 0 Å². The molecule has 0 aliphatic carbocycles. The largest absolute Gasteiger partial charge is 0.486 e. The maximum Gasteiger partial charge on any atom is 0.241 e. The van der Waals surface area contributed by atoms with Crippen LogP contribution in [0.1, 0.15) is 11.1 Å². The summed E-state index contributed by atoms with van der Waals surface area (Å²) in [6.07, 6.45) is -0.163. The first-order chi connectivity index (χ1) is 12.0. The van der Waals surface area contributed by atoms with Crippen LogP contribution in [-0.4, -0.2) is 43.7 Å². The molecule has 1 unspecified atom stereocenters. The molecule has 2 aromatic carbocycles. The van der Waals surface area contributed by atoms with E-state index < -0.39 is 0 Å². The number of likely N-dealkylation sites (N-methyl/N-ethyl adjacent to an activating group) is 1. The molecule has 0 radical (unpaired) electrons. The van der Waals surface area contributed by atoms with Gasteiger partial charge in [-0.2, -0.15) is 0 Å². The molecule has 0 spiro atoms. The molecule has 0 fully saturated rings. The van der Waals surface area contributed by atoms with Gasteiger partial charge in [0, 0.05) is 12.7 Å². The van der Waals surface area contributed by atoms with Crippen LogP contribution in [-0.2, 0) is 4.79 Å². The lowest BCUT2D eigenvalue weighted by atomic mass is 10.1. The minimum Gasteiger partial charge on any atom is -0.486 e. The molecule has 5 nitrogen and oxygen atoms in total. The highest BCUT2D eigenvalue weighted by Gasteiger charge is 2.23. The summed E-state index contributed by atoms with van der Waals surface area (Å²) in [5.41, 5.74) is 3.29. The zero-order valence-corrected chi connectivity index (χ0v) is 14.9. The summed E-state index contributed by atoms with van der Waals surface area (Å²) in [6.45, 7) is 5.26. The molecule has 1 aliphatic rings. The van der Waals surface area contributed by atoms with Gasteiger partial charge in [0.15, 0.2) is 17.6 Å². The maximum absolute atomic E-state index is 12.4. The number of carbonyl (C=O) groups is 1. The summed E-state index contributed by atoms with van der Waals surface area (Å²) in [5, 5.41) is 3.25. The number of carbonyl (C=O) groups excluding carboxylic acids is 1. The number of benzene rings is 2. The highest BCUT2D eigenvalue weighted by Crippen LogP contribution is 2.30. The van der Waals surface area contributed by atoms with E-state index >= 15 is 0 Å². The SMILES string of the molecule is Cc1cccc(C)c1NCC(=O)N(C)CC1COc2ccccc2O1. The molecule has 0 saturated carbocycles. The van der Waals surface area contributed by atoms with E-state index in [1.54, 1.807) is 11.9 Å². The number of anilines is 1. The molecule has 0 saturated heterocycles. The van der Waals surface area contributed by atoms with Gasteiger partial charge in [0.2, 0.25) is 5.91 Å². The molecule has 0 bridgehead atoms. The Labute approximate surface area is 148 Å². The molecule has 1 aliphatic heterocycles. The van der Waals surface area contributed by atoms with Crippen molar-refractivity contribution in [3.8, 4) is 11.5 Å². The van der Waals surface area contributed by atoms with Crippen molar-refractivity contribution in [3.63, 3.8) is 0 Å². The summed E-state index contributed by atoms with van der Waals surface area (Å²) >= 11 is 0. The lowest BCUT2D eigenvalue weighted by molar-refractivity contribution is -0.129. The number of para-hydroxylation sites is 3. The first-order valence-electron chi connectivity index (χ1n) is 8.47. The molecule has 1 atom stereocenters. The number of rotatable bonds is 5. The predicted molar refractivity (Wildman–Crippen MR) is 98.4 cm³/mol. The smallest absolute Gasteiger partial charge is 0.241 e. The molecule has 0 aromatic heterocycles. The molecular weight excluding hydrogens is 316 g/mol. The summed E-state index contributed by atoms with van der Waals surface area (Å²) < 4.78 is 11.6. The summed E-state index contributed by atoms with van der Waals surface area (Å²) in [4.78, 5) is 14.1. The Balaban J connectivity index is 1.53. The topological polar surface area (TPSA) is 50.8 Å². The quantitative estimate of drug-likeness (QED) is 0.909. The Morgan fingerprint density at radius 1 is 1.12 bits per heavy atom. The Hall–Kier alpha value is -2.69. The van der Waals surface area contributed by atoms with Gasteiger partial charge in [0.25, 0.3) is 0 Å². The molecule has 132 valence electrons. The fourth-order valence-electron chi connectivity index (χ4n) is 2.95. The number of nitrogens with one attached hydrogen (secondary N) is 1. The van der Waals surface area contributed by atoms with Crippen molar-refractivity contribution in [2.24, 2.45) is 0 Å². The van der Waals surface area contributed by atoms with Crippen LogP contribution >= 0.6 is 0 Å². The van der Waals surface area contributed by atoms with Crippen LogP contribution < -0.4 is 14.8 Å². The monoisotopic (exact) mass is 340 g/mol. The fraction of sp³-hybridized carbons (Fsp3) is 0.350. The summed E-state index contributed by atoms with van der Waals surface area (Å²) in [7, 11) is 1.79. The van der Waals surface area contributed by atoms with E-state index in [2.05, 4.69) is 5.32 Å². The van der Waals surface area contributed by atoms with Crippen molar-refractivity contribution < 1.29 is 14.3 Å². The fourth-order valence-corrected chi connectivity index (χ4v) is 2.95. The van der Waals surface area contributed by atoms with Crippen LogP contribution in [0.2, 0.25) is 0 Å². The molecule has 1 N–H and O–H groups in total. The van der Waals surface area contributed by atoms with E-state index in [0.717, 1.165) is 28.3 Å². The Morgan fingerprint density at radius 2 is 1.80 bits per heavy atom. The van der Waals surface area contributed by atoms with Gasteiger partial charge in [-0.25, -0.2) is 0 Å². The minimum atomic E-state index is -0.163. The average Bonchev–Trinajstić information content (AvgIpc) is 2.61. The Morgan fingerprint density at radius 3 is 2.52 bits per heavy atom. The van der Waals surface area contributed by atoms with Crippen molar-refractivity contribution in [2.45, 2.75) is 20.0 Å². The van der Waals surface area contributed by atoms with Crippen molar-refractivity contribution in [2.75, 3.05) is 32.1 Å². The van der Waals surface area contributed by atoms with Crippen molar-refractivity contribution in [1.82, 2.24) is 4.90 Å². The van der Waals surface area contributed by atoms with Crippen molar-refractivity contribution >= 4 is 11.6 Å². The van der Waals surface area contributed by atoms with Gasteiger partial charge in [0.05, 0.1) is 13.1 Å². The molecule has 2 aromatic rings. The Kier molecular flexibility index (Phi) is 5.12. The second kappa shape index (κ2) is 7.47. The van der Waals surface area contributed by atoms with Crippen LogP contribution in [0.4, 0.5) is 5.69 Å². The zero-order valence-electron chi connectivity index (χ0n) is 14.9. The van der Waals surface area contributed by atoms with E-state index in [1.165, 1.54) is 0 Å². The number of fused-ring (bicyclic) bond motifs is 1. The van der Waals surface area contributed by atoms with E-state index in [-0.39, 0.29) is 18.6 Å². The van der Waals surface area contributed by atoms with Crippen molar-refractivity contribution in [1.29, 1.82) is 0 Å². The number of ether oxygens (including phenoxy) is 2. The van der Waals surface area contributed by atoms with Crippen molar-refractivity contribution in [3.05, 3.63) is 53.6 Å². The van der Waals surface area contributed by atoms with Gasteiger partial charge >= 0.3 is 0 Å². The summed E-state index contributed by atoms with van der Waals surface area (Å²) in [5.74, 6) is 1.50.